The molecule has 2 amide bonds. The van der Waals surface area contributed by atoms with Gasteiger partial charge in [0.05, 0.1) is 0 Å². The smallest absolute Gasteiger partial charge is 0.410 e. The average molecular weight is 460 g/mol. The van der Waals surface area contributed by atoms with Crippen molar-refractivity contribution in [1.29, 1.82) is 0 Å². The van der Waals surface area contributed by atoms with Gasteiger partial charge >= 0.3 is 6.09 Å². The van der Waals surface area contributed by atoms with Crippen LogP contribution in [0.4, 0.5) is 4.79 Å². The van der Waals surface area contributed by atoms with Gasteiger partial charge in [-0.3, -0.25) is 9.69 Å². The number of aryl methyl sites for hydroxylation is 1. The van der Waals surface area contributed by atoms with Crippen molar-refractivity contribution in [1.82, 2.24) is 15.1 Å². The first kappa shape index (κ1) is 25.7. The highest BCUT2D eigenvalue weighted by atomic mass is 35.5. The molecule has 2 aromatic carbocycles. The Labute approximate surface area is 197 Å². The molecular weight excluding hydrogens is 426 g/mol. The number of halogens is 1. The number of nitrogens with one attached hydrogen (secondary N) is 1. The lowest BCUT2D eigenvalue weighted by Gasteiger charge is -2.44. The summed E-state index contributed by atoms with van der Waals surface area (Å²) in [5, 5.41) is 2.45. The number of ether oxygens (including phenoxy) is 1. The van der Waals surface area contributed by atoms with Gasteiger partial charge in [0.25, 0.3) is 5.91 Å². The molecule has 1 aliphatic heterocycles. The predicted octanol–water partition coefficient (Wildman–Crippen LogP) is 3.99. The summed E-state index contributed by atoms with van der Waals surface area (Å²) < 4.78 is 5.06. The highest BCUT2D eigenvalue weighted by Gasteiger charge is 2.31. The van der Waals surface area contributed by atoms with Crippen LogP contribution in [0.2, 0.25) is 0 Å². The normalized spacial score (nSPS) is 14.4. The molecule has 0 radical (unpaired) electrons. The third kappa shape index (κ3) is 6.97. The molecule has 1 N–H and O–H groups in total. The molecule has 174 valence electrons. The van der Waals surface area contributed by atoms with Crippen molar-refractivity contribution >= 4 is 24.4 Å². The number of nitrogens with zero attached hydrogens (tertiary/aromatic N) is 2. The van der Waals surface area contributed by atoms with Gasteiger partial charge in [-0.05, 0) is 43.4 Å². The summed E-state index contributed by atoms with van der Waals surface area (Å²) >= 11 is 0. The third-order valence-corrected chi connectivity index (χ3v) is 6.06. The number of amides is 2. The van der Waals surface area contributed by atoms with Crippen LogP contribution < -0.4 is 5.32 Å². The Bertz CT molecular complexity index is 881. The van der Waals surface area contributed by atoms with Gasteiger partial charge in [0.2, 0.25) is 0 Å². The van der Waals surface area contributed by atoms with Gasteiger partial charge in [-0.25, -0.2) is 4.79 Å². The van der Waals surface area contributed by atoms with Gasteiger partial charge in [0, 0.05) is 38.8 Å². The lowest BCUT2D eigenvalue weighted by molar-refractivity contribution is -0.123. The van der Waals surface area contributed by atoms with E-state index >= 15 is 0 Å². The van der Waals surface area contributed by atoms with Crippen LogP contribution in [0.15, 0.2) is 54.6 Å². The van der Waals surface area contributed by atoms with Gasteiger partial charge < -0.3 is 15.0 Å². The monoisotopic (exact) mass is 459 g/mol. The fraction of sp³-hybridized carbons (Fsp3) is 0.440. The number of rotatable bonds is 7. The van der Waals surface area contributed by atoms with Gasteiger partial charge in [-0.1, -0.05) is 54.6 Å². The van der Waals surface area contributed by atoms with Crippen LogP contribution in [0, 0.1) is 0 Å². The van der Waals surface area contributed by atoms with Crippen molar-refractivity contribution in [2.45, 2.75) is 32.2 Å². The predicted molar refractivity (Wildman–Crippen MR) is 130 cm³/mol. The van der Waals surface area contributed by atoms with E-state index in [0.29, 0.717) is 13.1 Å². The second kappa shape index (κ2) is 11.9. The second-order valence-electron chi connectivity index (χ2n) is 8.58. The molecule has 0 spiro atoms. The van der Waals surface area contributed by atoms with Gasteiger partial charge in [0.1, 0.15) is 0 Å². The van der Waals surface area contributed by atoms with Gasteiger partial charge in [-0.15, -0.1) is 12.4 Å². The summed E-state index contributed by atoms with van der Waals surface area (Å²) in [4.78, 5) is 27.5. The molecule has 1 aliphatic rings. The first-order chi connectivity index (χ1) is 14.9. The molecule has 0 aliphatic carbocycles. The highest BCUT2D eigenvalue weighted by Crippen LogP contribution is 2.25. The van der Waals surface area contributed by atoms with Gasteiger partial charge in [0.15, 0.2) is 6.61 Å². The van der Waals surface area contributed by atoms with E-state index in [2.05, 4.69) is 72.6 Å². The Morgan fingerprint density at radius 1 is 0.969 bits per heavy atom. The Balaban J connectivity index is 0.00000363. The van der Waals surface area contributed by atoms with Crippen LogP contribution in [-0.2, 0) is 16.0 Å². The van der Waals surface area contributed by atoms with Crippen molar-refractivity contribution in [3.63, 3.8) is 0 Å². The number of hydrogen-bond acceptors (Lipinski definition) is 4. The number of piperazine rings is 1. The lowest BCUT2D eigenvalue weighted by atomic mass is 9.91. The number of benzene rings is 2. The van der Waals surface area contributed by atoms with E-state index in [1.807, 2.05) is 6.07 Å². The van der Waals surface area contributed by atoms with Crippen LogP contribution in [-0.4, -0.2) is 67.2 Å². The van der Waals surface area contributed by atoms with Crippen LogP contribution >= 0.6 is 12.4 Å². The van der Waals surface area contributed by atoms with Crippen molar-refractivity contribution in [3.8, 4) is 11.1 Å². The van der Waals surface area contributed by atoms with Crippen LogP contribution in [0.3, 0.4) is 0 Å². The van der Waals surface area contributed by atoms with E-state index in [-0.39, 0.29) is 30.5 Å². The number of carbonyl (C=O) groups is 2. The Morgan fingerprint density at radius 3 is 2.28 bits per heavy atom. The Morgan fingerprint density at radius 2 is 1.62 bits per heavy atom. The molecule has 6 nitrogen and oxygen atoms in total. The maximum Gasteiger partial charge on any atom is 0.410 e. The van der Waals surface area contributed by atoms with Crippen LogP contribution in [0.25, 0.3) is 11.1 Å². The standard InChI is InChI=1S/C25H33N3O3.ClH/c1-25(2,28-16-14-27(15-17-28)24(30)31-19-23(29)26-3)13-12-20-8-7-11-22(18-20)21-9-5-4-6-10-21;/h4-11,18H,12-17,19H2,1-3H3,(H,26,29);1H. The lowest BCUT2D eigenvalue weighted by Crippen LogP contribution is -2.56. The third-order valence-electron chi connectivity index (χ3n) is 6.06. The molecule has 0 aromatic heterocycles. The molecule has 0 unspecified atom stereocenters. The fourth-order valence-corrected chi connectivity index (χ4v) is 3.93. The molecule has 2 aromatic rings. The zero-order chi connectivity index (χ0) is 22.3. The van der Waals surface area contributed by atoms with Crippen molar-refractivity contribution in [3.05, 3.63) is 60.2 Å². The Kier molecular flexibility index (Phi) is 9.54. The van der Waals surface area contributed by atoms with Crippen LogP contribution in [0.1, 0.15) is 25.8 Å². The van der Waals surface area contributed by atoms with E-state index in [0.717, 1.165) is 25.9 Å². The molecule has 1 heterocycles. The highest BCUT2D eigenvalue weighted by molar-refractivity contribution is 5.85. The van der Waals surface area contributed by atoms with E-state index in [1.165, 1.54) is 23.7 Å². The minimum Gasteiger partial charge on any atom is -0.439 e. The molecule has 32 heavy (non-hydrogen) atoms. The SMILES string of the molecule is CNC(=O)COC(=O)N1CCN(C(C)(C)CCc2cccc(-c3ccccc3)c2)CC1.Cl. The molecule has 7 heteroatoms. The van der Waals surface area contributed by atoms with Gasteiger partial charge in [-0.2, -0.15) is 0 Å². The minimum absolute atomic E-state index is 0. The Hall–Kier alpha value is -2.57. The molecule has 0 saturated carbocycles. The number of likely N-dealkylation sites (N-methyl/N-ethyl adjacent to an activating group) is 1. The largest absolute Gasteiger partial charge is 0.439 e. The second-order valence-corrected chi connectivity index (χ2v) is 8.58. The molecule has 1 saturated heterocycles. The summed E-state index contributed by atoms with van der Waals surface area (Å²) in [5.41, 5.74) is 3.86. The topological polar surface area (TPSA) is 61.9 Å². The minimum atomic E-state index is -0.418. The van der Waals surface area contributed by atoms with Crippen molar-refractivity contribution in [2.24, 2.45) is 0 Å². The number of carbonyl (C=O) groups excluding carboxylic acids is 2. The summed E-state index contributed by atoms with van der Waals surface area (Å²) in [6.07, 6.45) is 1.62. The summed E-state index contributed by atoms with van der Waals surface area (Å²) in [7, 11) is 1.52. The zero-order valence-electron chi connectivity index (χ0n) is 19.2. The molecule has 3 rings (SSSR count). The van der Waals surface area contributed by atoms with E-state index in [9.17, 15) is 9.59 Å². The van der Waals surface area contributed by atoms with Crippen LogP contribution in [0.5, 0.6) is 0 Å². The maximum absolute atomic E-state index is 12.1. The zero-order valence-corrected chi connectivity index (χ0v) is 20.0. The maximum atomic E-state index is 12.1. The van der Waals surface area contributed by atoms with E-state index < -0.39 is 6.09 Å². The fourth-order valence-electron chi connectivity index (χ4n) is 3.93. The van der Waals surface area contributed by atoms with Crippen molar-refractivity contribution < 1.29 is 14.3 Å². The average Bonchev–Trinajstić information content (AvgIpc) is 2.82. The summed E-state index contributed by atoms with van der Waals surface area (Å²) in [6.45, 7) is 7.13. The van der Waals surface area contributed by atoms with E-state index in [1.54, 1.807) is 4.90 Å². The molecule has 0 atom stereocenters. The molecule has 1 fully saturated rings. The quantitative estimate of drug-likeness (QED) is 0.680. The first-order valence-electron chi connectivity index (χ1n) is 10.9. The first-order valence-corrected chi connectivity index (χ1v) is 10.9. The molecule has 0 bridgehead atoms. The van der Waals surface area contributed by atoms with E-state index in [4.69, 9.17) is 4.74 Å². The summed E-state index contributed by atoms with van der Waals surface area (Å²) in [5.74, 6) is -0.301. The molecular formula is C25H34ClN3O3. The van der Waals surface area contributed by atoms with Crippen molar-refractivity contribution in [2.75, 3.05) is 39.8 Å². The summed E-state index contributed by atoms with van der Waals surface area (Å²) in [6, 6.07) is 19.2. The number of hydrogen-bond donors (Lipinski definition) is 1.